The van der Waals surface area contributed by atoms with E-state index in [-0.39, 0.29) is 11.8 Å². The average Bonchev–Trinajstić information content (AvgIpc) is 3.62. The van der Waals surface area contributed by atoms with Gasteiger partial charge in [-0.2, -0.15) is 5.10 Å². The maximum Gasteiger partial charge on any atom is 0.258 e. The molecule has 0 saturated carbocycles. The molecule has 1 atom stereocenters. The summed E-state index contributed by atoms with van der Waals surface area (Å²) >= 11 is 0. The number of carbonyl (C=O) groups is 2. The number of rotatable bonds is 7. The van der Waals surface area contributed by atoms with Crippen LogP contribution in [0.25, 0.3) is 0 Å². The van der Waals surface area contributed by atoms with Crippen molar-refractivity contribution >= 4 is 40.8 Å². The van der Waals surface area contributed by atoms with E-state index in [0.29, 0.717) is 17.7 Å². The minimum absolute atomic E-state index is 0.0670. The van der Waals surface area contributed by atoms with E-state index >= 15 is 0 Å². The molecule has 4 aromatic rings. The topological polar surface area (TPSA) is 106 Å². The number of nitrogens with one attached hydrogen (secondary N) is 3. The summed E-state index contributed by atoms with van der Waals surface area (Å²) in [6.07, 6.45) is 5.49. The molecule has 3 heterocycles. The van der Waals surface area contributed by atoms with Crippen molar-refractivity contribution in [3.8, 4) is 0 Å². The number of H-pyrrole nitrogens is 1. The Labute approximate surface area is 232 Å². The third-order valence-electron chi connectivity index (χ3n) is 7.46. The second-order valence-electron chi connectivity index (χ2n) is 10.3. The maximum absolute atomic E-state index is 12.8. The van der Waals surface area contributed by atoms with Gasteiger partial charge in [0.15, 0.2) is 0 Å². The van der Waals surface area contributed by atoms with Crippen LogP contribution in [0.2, 0.25) is 0 Å². The maximum atomic E-state index is 12.8. The Bertz CT molecular complexity index is 1520. The van der Waals surface area contributed by atoms with Crippen molar-refractivity contribution in [2.75, 3.05) is 48.8 Å². The van der Waals surface area contributed by atoms with E-state index in [1.165, 1.54) is 11.9 Å². The molecule has 202 valence electrons. The van der Waals surface area contributed by atoms with Crippen LogP contribution in [0.5, 0.6) is 0 Å². The molecule has 0 spiro atoms. The molecular weight excluding hydrogens is 502 g/mol. The number of benzene rings is 3. The molecule has 40 heavy (non-hydrogen) atoms. The molecular formula is C31H31N7O2. The van der Waals surface area contributed by atoms with Crippen molar-refractivity contribution in [1.29, 1.82) is 0 Å². The zero-order chi connectivity index (χ0) is 27.5. The van der Waals surface area contributed by atoms with Gasteiger partial charge in [-0.1, -0.05) is 24.3 Å². The van der Waals surface area contributed by atoms with Crippen molar-refractivity contribution in [2.45, 2.75) is 12.3 Å². The van der Waals surface area contributed by atoms with E-state index in [2.05, 4.69) is 60.9 Å². The normalized spacial score (nSPS) is 17.2. The first kappa shape index (κ1) is 25.5. The number of piperazine rings is 1. The van der Waals surface area contributed by atoms with E-state index in [1.54, 1.807) is 12.4 Å². The molecule has 1 unspecified atom stereocenters. The molecule has 9 heteroatoms. The summed E-state index contributed by atoms with van der Waals surface area (Å²) in [6, 6.07) is 22.1. The Morgan fingerprint density at radius 3 is 2.50 bits per heavy atom. The van der Waals surface area contributed by atoms with Crippen LogP contribution in [-0.4, -0.2) is 66.4 Å². The second kappa shape index (κ2) is 11.2. The van der Waals surface area contributed by atoms with Gasteiger partial charge in [0.25, 0.3) is 5.91 Å². The third-order valence-corrected chi connectivity index (χ3v) is 7.46. The predicted molar refractivity (Wildman–Crippen MR) is 158 cm³/mol. The van der Waals surface area contributed by atoms with Crippen molar-refractivity contribution in [2.24, 2.45) is 4.99 Å². The van der Waals surface area contributed by atoms with E-state index in [4.69, 9.17) is 0 Å². The molecule has 0 bridgehead atoms. The highest BCUT2D eigenvalue weighted by atomic mass is 16.2. The Balaban J connectivity index is 1.11. The Morgan fingerprint density at radius 1 is 1.02 bits per heavy atom. The average molecular weight is 534 g/mol. The molecule has 3 N–H and O–H groups in total. The highest BCUT2D eigenvalue weighted by Crippen LogP contribution is 2.33. The summed E-state index contributed by atoms with van der Waals surface area (Å²) in [5, 5.41) is 12.3. The number of likely N-dealkylation sites (N-methyl/N-ethyl adjacent to an activating group) is 1. The minimum atomic E-state index is -0.437. The molecule has 3 aromatic carbocycles. The van der Waals surface area contributed by atoms with Crippen LogP contribution in [0, 0.1) is 0 Å². The van der Waals surface area contributed by atoms with Crippen molar-refractivity contribution in [3.05, 3.63) is 101 Å². The van der Waals surface area contributed by atoms with Crippen LogP contribution in [0.3, 0.4) is 0 Å². The van der Waals surface area contributed by atoms with Gasteiger partial charge in [-0.05, 0) is 72.6 Å². The number of carbonyl (C=O) groups excluding carboxylic acids is 2. The SMILES string of the molecule is CN1CCN(c2ccc(N=CC3C(=O)Nc4ccc(Cc5ccc(NC(=O)c6cn[nH]c6)cc5)cc43)cc2)CC1. The molecule has 1 aromatic heterocycles. The minimum Gasteiger partial charge on any atom is -0.369 e. The van der Waals surface area contributed by atoms with Gasteiger partial charge in [0.1, 0.15) is 5.92 Å². The summed E-state index contributed by atoms with van der Waals surface area (Å²) < 4.78 is 0. The third kappa shape index (κ3) is 5.64. The monoisotopic (exact) mass is 533 g/mol. The van der Waals surface area contributed by atoms with Crippen LogP contribution >= 0.6 is 0 Å². The first-order valence-corrected chi connectivity index (χ1v) is 13.4. The Morgan fingerprint density at radius 2 is 1.77 bits per heavy atom. The number of hydrogen-bond acceptors (Lipinski definition) is 6. The molecule has 1 fully saturated rings. The fraction of sp³-hybridized carbons (Fsp3) is 0.226. The second-order valence-corrected chi connectivity index (χ2v) is 10.3. The number of hydrogen-bond donors (Lipinski definition) is 3. The van der Waals surface area contributed by atoms with Crippen LogP contribution in [-0.2, 0) is 11.2 Å². The van der Waals surface area contributed by atoms with Gasteiger partial charge >= 0.3 is 0 Å². The van der Waals surface area contributed by atoms with E-state index < -0.39 is 5.92 Å². The zero-order valence-corrected chi connectivity index (χ0v) is 22.3. The standard InChI is InChI=1S/C31H31N7O2/c1-37-12-14-38(15-13-37)26-9-7-24(8-10-26)32-20-28-27-17-22(4-11-29(27)36-31(28)40)16-21-2-5-25(6-3-21)35-30(39)23-18-33-34-19-23/h2-11,17-20,28H,12-16H2,1H3,(H,33,34)(H,35,39)(H,36,40). The molecule has 6 rings (SSSR count). The van der Waals surface area contributed by atoms with Crippen LogP contribution in [0.4, 0.5) is 22.7 Å². The number of aliphatic imine (C=N–C) groups is 1. The quantitative estimate of drug-likeness (QED) is 0.305. The number of fused-ring (bicyclic) bond motifs is 1. The number of aromatic nitrogens is 2. The van der Waals surface area contributed by atoms with Crippen molar-refractivity contribution < 1.29 is 9.59 Å². The smallest absolute Gasteiger partial charge is 0.258 e. The fourth-order valence-corrected chi connectivity index (χ4v) is 5.09. The lowest BCUT2D eigenvalue weighted by atomic mass is 9.96. The van der Waals surface area contributed by atoms with Crippen molar-refractivity contribution in [1.82, 2.24) is 15.1 Å². The molecule has 9 nitrogen and oxygen atoms in total. The number of nitrogens with zero attached hydrogens (tertiary/aromatic N) is 4. The largest absolute Gasteiger partial charge is 0.369 e. The Kier molecular flexibility index (Phi) is 7.11. The van der Waals surface area contributed by atoms with E-state index in [9.17, 15) is 9.59 Å². The van der Waals surface area contributed by atoms with Crippen LogP contribution in [0.1, 0.15) is 33.0 Å². The number of amides is 2. The van der Waals surface area contributed by atoms with Gasteiger partial charge < -0.3 is 20.4 Å². The molecule has 2 aliphatic heterocycles. The van der Waals surface area contributed by atoms with Gasteiger partial charge in [0, 0.05) is 55.7 Å². The van der Waals surface area contributed by atoms with Gasteiger partial charge in [-0.15, -0.1) is 0 Å². The van der Waals surface area contributed by atoms with Crippen LogP contribution in [0.15, 0.2) is 84.1 Å². The summed E-state index contributed by atoms with van der Waals surface area (Å²) in [6.45, 7) is 4.17. The fourth-order valence-electron chi connectivity index (χ4n) is 5.09. The number of aromatic amines is 1. The van der Waals surface area contributed by atoms with E-state index in [0.717, 1.165) is 54.2 Å². The highest BCUT2D eigenvalue weighted by molar-refractivity contribution is 6.12. The molecule has 2 aliphatic rings. The summed E-state index contributed by atoms with van der Waals surface area (Å²) in [4.78, 5) is 34.4. The first-order chi connectivity index (χ1) is 19.5. The molecule has 1 saturated heterocycles. The van der Waals surface area contributed by atoms with Gasteiger partial charge in [-0.25, -0.2) is 0 Å². The Hall–Kier alpha value is -4.76. The molecule has 0 aliphatic carbocycles. The highest BCUT2D eigenvalue weighted by Gasteiger charge is 2.29. The summed E-state index contributed by atoms with van der Waals surface area (Å²) in [5.74, 6) is -0.716. The van der Waals surface area contributed by atoms with Gasteiger partial charge in [0.2, 0.25) is 5.91 Å². The summed E-state index contributed by atoms with van der Waals surface area (Å²) in [5.41, 5.74) is 7.18. The lowest BCUT2D eigenvalue weighted by molar-refractivity contribution is -0.115. The van der Waals surface area contributed by atoms with Crippen LogP contribution < -0.4 is 15.5 Å². The lowest BCUT2D eigenvalue weighted by Gasteiger charge is -2.34. The molecule has 0 radical (unpaired) electrons. The van der Waals surface area contributed by atoms with E-state index in [1.807, 2.05) is 48.5 Å². The molecule has 2 amide bonds. The lowest BCUT2D eigenvalue weighted by Crippen LogP contribution is -2.44. The number of anilines is 3. The predicted octanol–water partition coefficient (Wildman–Crippen LogP) is 4.44. The van der Waals surface area contributed by atoms with Crippen molar-refractivity contribution in [3.63, 3.8) is 0 Å². The first-order valence-electron chi connectivity index (χ1n) is 13.4. The van der Waals surface area contributed by atoms with Gasteiger partial charge in [0.05, 0.1) is 17.4 Å². The van der Waals surface area contributed by atoms with Gasteiger partial charge in [-0.3, -0.25) is 19.7 Å². The summed E-state index contributed by atoms with van der Waals surface area (Å²) in [7, 11) is 2.15. The zero-order valence-electron chi connectivity index (χ0n) is 22.3.